The summed E-state index contributed by atoms with van der Waals surface area (Å²) in [7, 11) is 0. The van der Waals surface area contributed by atoms with Gasteiger partial charge in [0, 0.05) is 6.07 Å². The molecule has 2 nitrogen and oxygen atoms in total. The first kappa shape index (κ1) is 11.2. The topological polar surface area (TPSA) is 17.8 Å². The summed E-state index contributed by atoms with van der Waals surface area (Å²) in [6, 6.07) is 9.56. The molecular formula is C10H6BrF3N2. The lowest BCUT2D eigenvalue weighted by molar-refractivity contribution is -0.141. The highest BCUT2D eigenvalue weighted by Gasteiger charge is 2.34. The van der Waals surface area contributed by atoms with Crippen LogP contribution >= 0.6 is 15.9 Å². The fraction of sp³-hybridized carbons (Fsp3) is 0.100. The zero-order valence-corrected chi connectivity index (χ0v) is 9.46. The first-order valence-corrected chi connectivity index (χ1v) is 5.16. The van der Waals surface area contributed by atoms with Crippen LogP contribution in [-0.2, 0) is 6.18 Å². The third kappa shape index (κ3) is 2.11. The Morgan fingerprint density at radius 1 is 1.12 bits per heavy atom. The Bertz CT molecular complexity index is 491. The number of para-hydroxylation sites is 1. The number of halogens is 4. The molecule has 0 aliphatic heterocycles. The lowest BCUT2D eigenvalue weighted by Gasteiger charge is -2.03. The SMILES string of the molecule is FC(F)(F)c1cc(Br)n(-c2ccccc2)n1. The zero-order valence-electron chi connectivity index (χ0n) is 7.87. The molecule has 0 aliphatic rings. The molecule has 0 saturated carbocycles. The maximum atomic E-state index is 12.4. The summed E-state index contributed by atoms with van der Waals surface area (Å²) in [6.45, 7) is 0. The van der Waals surface area contributed by atoms with E-state index in [4.69, 9.17) is 0 Å². The second-order valence-electron chi connectivity index (χ2n) is 3.10. The molecule has 1 aromatic carbocycles. The van der Waals surface area contributed by atoms with Crippen molar-refractivity contribution in [2.45, 2.75) is 6.18 Å². The van der Waals surface area contributed by atoms with Gasteiger partial charge in [0.05, 0.1) is 5.69 Å². The van der Waals surface area contributed by atoms with Gasteiger partial charge in [-0.3, -0.25) is 0 Å². The van der Waals surface area contributed by atoms with Gasteiger partial charge < -0.3 is 0 Å². The standard InChI is InChI=1S/C10H6BrF3N2/c11-9-6-8(10(12,13)14)15-16(9)7-4-2-1-3-5-7/h1-6H. The van der Waals surface area contributed by atoms with Crippen molar-refractivity contribution in [3.63, 3.8) is 0 Å². The van der Waals surface area contributed by atoms with E-state index in [2.05, 4.69) is 21.0 Å². The Morgan fingerprint density at radius 3 is 2.25 bits per heavy atom. The van der Waals surface area contributed by atoms with Crippen molar-refractivity contribution in [3.05, 3.63) is 46.7 Å². The third-order valence-corrected chi connectivity index (χ3v) is 2.52. The molecule has 0 N–H and O–H groups in total. The number of alkyl halides is 3. The summed E-state index contributed by atoms with van der Waals surface area (Å²) in [5.41, 5.74) is -0.340. The Labute approximate surface area is 97.8 Å². The molecule has 0 unspecified atom stereocenters. The second kappa shape index (κ2) is 3.93. The van der Waals surface area contributed by atoms with E-state index in [1.807, 2.05) is 0 Å². The van der Waals surface area contributed by atoms with Crippen molar-refractivity contribution >= 4 is 15.9 Å². The monoisotopic (exact) mass is 290 g/mol. The van der Waals surface area contributed by atoms with Gasteiger partial charge in [0.25, 0.3) is 0 Å². The molecule has 0 atom stereocenters. The number of hydrogen-bond acceptors (Lipinski definition) is 1. The van der Waals surface area contributed by atoms with Gasteiger partial charge in [-0.1, -0.05) is 18.2 Å². The van der Waals surface area contributed by atoms with Crippen molar-refractivity contribution in [2.75, 3.05) is 0 Å². The Hall–Kier alpha value is -1.30. The molecule has 0 saturated heterocycles. The van der Waals surface area contributed by atoms with Crippen LogP contribution in [0.1, 0.15) is 5.69 Å². The summed E-state index contributed by atoms with van der Waals surface area (Å²) in [4.78, 5) is 0. The van der Waals surface area contributed by atoms with E-state index in [0.29, 0.717) is 5.69 Å². The zero-order chi connectivity index (χ0) is 11.8. The Kier molecular flexibility index (Phi) is 2.75. The summed E-state index contributed by atoms with van der Waals surface area (Å²) in [6.07, 6.45) is -4.43. The highest BCUT2D eigenvalue weighted by Crippen LogP contribution is 2.31. The van der Waals surface area contributed by atoms with Crippen LogP contribution in [0.5, 0.6) is 0 Å². The van der Waals surface area contributed by atoms with E-state index in [1.165, 1.54) is 4.68 Å². The molecule has 1 aromatic heterocycles. The number of hydrogen-bond donors (Lipinski definition) is 0. The van der Waals surface area contributed by atoms with Crippen LogP contribution in [0.15, 0.2) is 41.0 Å². The molecule has 1 heterocycles. The predicted molar refractivity (Wildman–Crippen MR) is 56.3 cm³/mol. The molecular weight excluding hydrogens is 285 g/mol. The summed E-state index contributed by atoms with van der Waals surface area (Å²) >= 11 is 3.05. The molecule has 6 heteroatoms. The smallest absolute Gasteiger partial charge is 0.226 e. The van der Waals surface area contributed by atoms with Gasteiger partial charge in [0.1, 0.15) is 4.60 Å². The van der Waals surface area contributed by atoms with E-state index in [1.54, 1.807) is 30.3 Å². The van der Waals surface area contributed by atoms with Crippen LogP contribution in [-0.4, -0.2) is 9.78 Å². The van der Waals surface area contributed by atoms with E-state index in [0.717, 1.165) is 6.07 Å². The van der Waals surface area contributed by atoms with Gasteiger partial charge in [0.2, 0.25) is 0 Å². The van der Waals surface area contributed by atoms with Gasteiger partial charge in [0.15, 0.2) is 5.69 Å². The summed E-state index contributed by atoms with van der Waals surface area (Å²) in [5, 5.41) is 3.50. The van der Waals surface area contributed by atoms with E-state index < -0.39 is 11.9 Å². The van der Waals surface area contributed by atoms with Gasteiger partial charge in [-0.25, -0.2) is 4.68 Å². The highest BCUT2D eigenvalue weighted by atomic mass is 79.9. The maximum Gasteiger partial charge on any atom is 0.435 e. The van der Waals surface area contributed by atoms with Gasteiger partial charge >= 0.3 is 6.18 Å². The lowest BCUT2D eigenvalue weighted by Crippen LogP contribution is -2.07. The molecule has 2 aromatic rings. The minimum Gasteiger partial charge on any atom is -0.226 e. The molecule has 16 heavy (non-hydrogen) atoms. The van der Waals surface area contributed by atoms with E-state index in [9.17, 15) is 13.2 Å². The van der Waals surface area contributed by atoms with Crippen LogP contribution in [0.4, 0.5) is 13.2 Å². The number of benzene rings is 1. The number of aromatic nitrogens is 2. The largest absolute Gasteiger partial charge is 0.435 e. The number of nitrogens with zero attached hydrogens (tertiary/aromatic N) is 2. The number of rotatable bonds is 1. The first-order valence-electron chi connectivity index (χ1n) is 4.36. The fourth-order valence-corrected chi connectivity index (χ4v) is 1.75. The van der Waals surface area contributed by atoms with Crippen molar-refractivity contribution in [2.24, 2.45) is 0 Å². The fourth-order valence-electron chi connectivity index (χ4n) is 1.25. The van der Waals surface area contributed by atoms with Crippen LogP contribution in [0, 0.1) is 0 Å². The third-order valence-electron chi connectivity index (χ3n) is 1.96. The van der Waals surface area contributed by atoms with Crippen molar-refractivity contribution in [1.29, 1.82) is 0 Å². The maximum absolute atomic E-state index is 12.4. The molecule has 0 bridgehead atoms. The Balaban J connectivity index is 2.48. The predicted octanol–water partition coefficient (Wildman–Crippen LogP) is 3.65. The van der Waals surface area contributed by atoms with Crippen molar-refractivity contribution in [1.82, 2.24) is 9.78 Å². The van der Waals surface area contributed by atoms with Crippen molar-refractivity contribution in [3.8, 4) is 5.69 Å². The molecule has 0 amide bonds. The average Bonchev–Trinajstić information content (AvgIpc) is 2.61. The molecule has 0 radical (unpaired) electrons. The van der Waals surface area contributed by atoms with E-state index in [-0.39, 0.29) is 4.60 Å². The minimum absolute atomic E-state index is 0.269. The van der Waals surface area contributed by atoms with Crippen molar-refractivity contribution < 1.29 is 13.2 Å². The highest BCUT2D eigenvalue weighted by molar-refractivity contribution is 9.10. The second-order valence-corrected chi connectivity index (χ2v) is 3.91. The molecule has 0 spiro atoms. The average molecular weight is 291 g/mol. The minimum atomic E-state index is -4.43. The Morgan fingerprint density at radius 2 is 1.75 bits per heavy atom. The quantitative estimate of drug-likeness (QED) is 0.784. The molecule has 0 fully saturated rings. The van der Waals surface area contributed by atoms with Crippen LogP contribution < -0.4 is 0 Å². The molecule has 0 aliphatic carbocycles. The van der Waals surface area contributed by atoms with Gasteiger partial charge in [-0.2, -0.15) is 18.3 Å². The van der Waals surface area contributed by atoms with Crippen LogP contribution in [0.3, 0.4) is 0 Å². The molecule has 2 rings (SSSR count). The van der Waals surface area contributed by atoms with Gasteiger partial charge in [-0.15, -0.1) is 0 Å². The van der Waals surface area contributed by atoms with Gasteiger partial charge in [-0.05, 0) is 28.1 Å². The van der Waals surface area contributed by atoms with E-state index >= 15 is 0 Å². The first-order chi connectivity index (χ1) is 7.48. The summed E-state index contributed by atoms with van der Waals surface area (Å²) < 4.78 is 38.7. The summed E-state index contributed by atoms with van der Waals surface area (Å²) in [5.74, 6) is 0. The van der Waals surface area contributed by atoms with Crippen LogP contribution in [0.25, 0.3) is 5.69 Å². The normalized spacial score (nSPS) is 11.8. The van der Waals surface area contributed by atoms with Crippen LogP contribution in [0.2, 0.25) is 0 Å². The lowest BCUT2D eigenvalue weighted by atomic mass is 10.3. The molecule has 84 valence electrons.